The second kappa shape index (κ2) is 8.08. The van der Waals surface area contributed by atoms with E-state index in [9.17, 15) is 0 Å². The Kier molecular flexibility index (Phi) is 6.09. The highest BCUT2D eigenvalue weighted by molar-refractivity contribution is 7.78. The number of ether oxygens (including phenoxy) is 2. The van der Waals surface area contributed by atoms with Gasteiger partial charge in [-0.1, -0.05) is 18.2 Å². The third-order valence-corrected chi connectivity index (χ3v) is 3.42. The Morgan fingerprint density at radius 3 is 2.60 bits per heavy atom. The summed E-state index contributed by atoms with van der Waals surface area (Å²) in [7, 11) is 0. The Labute approximate surface area is 125 Å². The number of unbranched alkanes of at least 4 members (excludes halogenated alkanes) is 1. The Morgan fingerprint density at radius 1 is 1.30 bits per heavy atom. The molecule has 20 heavy (non-hydrogen) atoms. The summed E-state index contributed by atoms with van der Waals surface area (Å²) in [5.41, 5.74) is 1.81. The first-order chi connectivity index (χ1) is 9.83. The van der Waals surface area contributed by atoms with Gasteiger partial charge in [0.2, 0.25) is 0 Å². The topological polar surface area (TPSA) is 30.8 Å². The van der Waals surface area contributed by atoms with E-state index in [1.54, 1.807) is 0 Å². The maximum atomic E-state index is 5.79. The zero-order valence-electron chi connectivity index (χ0n) is 11.5. The van der Waals surface area contributed by atoms with Gasteiger partial charge in [0, 0.05) is 11.5 Å². The molecule has 1 aromatic rings. The van der Waals surface area contributed by atoms with Crippen LogP contribution in [0.4, 0.5) is 5.69 Å². The fourth-order valence-corrected chi connectivity index (χ4v) is 2.32. The van der Waals surface area contributed by atoms with Gasteiger partial charge in [-0.05, 0) is 43.6 Å². The molecule has 0 spiro atoms. The van der Waals surface area contributed by atoms with Gasteiger partial charge in [-0.3, -0.25) is 0 Å². The van der Waals surface area contributed by atoms with E-state index in [4.69, 9.17) is 9.47 Å². The fourth-order valence-electron chi connectivity index (χ4n) is 2.21. The second-order valence-electron chi connectivity index (χ2n) is 4.88. The van der Waals surface area contributed by atoms with Crippen LogP contribution in [0.3, 0.4) is 0 Å². The van der Waals surface area contributed by atoms with Crippen LogP contribution in [-0.4, -0.2) is 18.4 Å². The van der Waals surface area contributed by atoms with Gasteiger partial charge in [0.1, 0.15) is 0 Å². The van der Waals surface area contributed by atoms with Crippen LogP contribution in [0, 0.1) is 5.92 Å². The Balaban J connectivity index is 1.83. The smallest absolute Gasteiger partial charge is 0.183 e. The van der Waals surface area contributed by atoms with Crippen LogP contribution in [0.2, 0.25) is 0 Å². The van der Waals surface area contributed by atoms with Crippen molar-refractivity contribution in [2.45, 2.75) is 25.6 Å². The van der Waals surface area contributed by atoms with Gasteiger partial charge in [0.15, 0.2) is 6.29 Å². The van der Waals surface area contributed by atoms with E-state index < -0.39 is 0 Å². The normalized spacial score (nSPS) is 22.0. The van der Waals surface area contributed by atoms with Crippen molar-refractivity contribution in [2.75, 3.05) is 13.2 Å². The molecule has 0 atom stereocenters. The lowest BCUT2D eigenvalue weighted by Gasteiger charge is -2.29. The SMILES string of the molecule is C=CCCC[C@H]1CO[C@H](c2ccc(N=C=S)cc2)OC1. The van der Waals surface area contributed by atoms with Gasteiger partial charge in [-0.25, -0.2) is 0 Å². The molecule has 0 aliphatic carbocycles. The summed E-state index contributed by atoms with van der Waals surface area (Å²) in [6.45, 7) is 5.24. The molecule has 0 radical (unpaired) electrons. The van der Waals surface area contributed by atoms with E-state index >= 15 is 0 Å². The van der Waals surface area contributed by atoms with Crippen molar-refractivity contribution in [3.05, 3.63) is 42.5 Å². The van der Waals surface area contributed by atoms with Gasteiger partial charge in [-0.15, -0.1) is 6.58 Å². The van der Waals surface area contributed by atoms with Gasteiger partial charge in [0.05, 0.1) is 24.1 Å². The van der Waals surface area contributed by atoms with Gasteiger partial charge in [-0.2, -0.15) is 4.99 Å². The van der Waals surface area contributed by atoms with E-state index in [1.165, 1.54) is 0 Å². The number of benzene rings is 1. The zero-order valence-corrected chi connectivity index (χ0v) is 12.3. The van der Waals surface area contributed by atoms with Crippen molar-refractivity contribution in [3.63, 3.8) is 0 Å². The minimum absolute atomic E-state index is 0.267. The lowest BCUT2D eigenvalue weighted by molar-refractivity contribution is -0.206. The van der Waals surface area contributed by atoms with Crippen molar-refractivity contribution in [3.8, 4) is 0 Å². The number of hydrogen-bond acceptors (Lipinski definition) is 4. The molecule has 0 amide bonds. The van der Waals surface area contributed by atoms with E-state index in [1.807, 2.05) is 30.3 Å². The quantitative estimate of drug-likeness (QED) is 0.336. The van der Waals surface area contributed by atoms with E-state index in [0.717, 1.165) is 43.7 Å². The summed E-state index contributed by atoms with van der Waals surface area (Å²) in [6, 6.07) is 7.68. The number of nitrogens with zero attached hydrogens (tertiary/aromatic N) is 1. The highest BCUT2D eigenvalue weighted by Gasteiger charge is 2.23. The van der Waals surface area contributed by atoms with Gasteiger partial charge >= 0.3 is 0 Å². The second-order valence-corrected chi connectivity index (χ2v) is 5.06. The predicted molar refractivity (Wildman–Crippen MR) is 83.3 cm³/mol. The van der Waals surface area contributed by atoms with Crippen molar-refractivity contribution in [1.29, 1.82) is 0 Å². The summed E-state index contributed by atoms with van der Waals surface area (Å²) in [6.07, 6.45) is 5.02. The molecular formula is C16H19NO2S. The number of isothiocyanates is 1. The summed E-state index contributed by atoms with van der Waals surface area (Å²) >= 11 is 4.58. The maximum absolute atomic E-state index is 5.79. The first-order valence-corrected chi connectivity index (χ1v) is 7.26. The minimum Gasteiger partial charge on any atom is -0.348 e. The average molecular weight is 289 g/mol. The molecule has 0 N–H and O–H groups in total. The van der Waals surface area contributed by atoms with Crippen LogP contribution >= 0.6 is 12.2 Å². The lowest BCUT2D eigenvalue weighted by Crippen LogP contribution is -2.27. The molecule has 0 saturated carbocycles. The molecule has 0 bridgehead atoms. The first kappa shape index (κ1) is 15.1. The van der Waals surface area contributed by atoms with Crippen LogP contribution in [-0.2, 0) is 9.47 Å². The van der Waals surface area contributed by atoms with Crippen LogP contribution in [0.25, 0.3) is 0 Å². The summed E-state index contributed by atoms with van der Waals surface area (Å²) in [4.78, 5) is 3.92. The van der Waals surface area contributed by atoms with E-state index in [2.05, 4.69) is 29.0 Å². The molecule has 0 unspecified atom stereocenters. The number of hydrogen-bond donors (Lipinski definition) is 0. The van der Waals surface area contributed by atoms with Gasteiger partial charge in [0.25, 0.3) is 0 Å². The van der Waals surface area contributed by atoms with E-state index in [0.29, 0.717) is 5.92 Å². The largest absolute Gasteiger partial charge is 0.348 e. The van der Waals surface area contributed by atoms with Crippen LogP contribution < -0.4 is 0 Å². The third-order valence-electron chi connectivity index (χ3n) is 3.33. The molecule has 2 rings (SSSR count). The molecule has 1 heterocycles. The number of aliphatic imine (C=N–C) groups is 1. The molecule has 4 heteroatoms. The molecule has 1 aliphatic heterocycles. The highest BCUT2D eigenvalue weighted by atomic mass is 32.1. The maximum Gasteiger partial charge on any atom is 0.183 e. The average Bonchev–Trinajstić information content (AvgIpc) is 2.49. The fraction of sp³-hybridized carbons (Fsp3) is 0.438. The summed E-state index contributed by atoms with van der Waals surface area (Å²) < 4.78 is 11.6. The first-order valence-electron chi connectivity index (χ1n) is 6.85. The van der Waals surface area contributed by atoms with Crippen molar-refractivity contribution in [2.24, 2.45) is 10.9 Å². The highest BCUT2D eigenvalue weighted by Crippen LogP contribution is 2.28. The molecule has 1 aromatic carbocycles. The van der Waals surface area contributed by atoms with E-state index in [-0.39, 0.29) is 6.29 Å². The van der Waals surface area contributed by atoms with Crippen molar-refractivity contribution >= 4 is 23.1 Å². The Bertz CT molecular complexity index is 472. The van der Waals surface area contributed by atoms with Crippen LogP contribution in [0.15, 0.2) is 41.9 Å². The number of rotatable bonds is 6. The van der Waals surface area contributed by atoms with Crippen molar-refractivity contribution in [1.82, 2.24) is 0 Å². The Hall–Kier alpha value is -1.32. The number of thiocarbonyl (C=S) groups is 1. The lowest BCUT2D eigenvalue weighted by atomic mass is 10.0. The van der Waals surface area contributed by atoms with Gasteiger partial charge < -0.3 is 9.47 Å². The number of allylic oxidation sites excluding steroid dienone is 1. The van der Waals surface area contributed by atoms with Crippen molar-refractivity contribution < 1.29 is 9.47 Å². The predicted octanol–water partition coefficient (Wildman–Crippen LogP) is 4.44. The molecular weight excluding hydrogens is 270 g/mol. The summed E-state index contributed by atoms with van der Waals surface area (Å²) in [5.74, 6) is 0.491. The van der Waals surface area contributed by atoms with Crippen LogP contribution in [0.5, 0.6) is 0 Å². The molecule has 1 aliphatic rings. The third kappa shape index (κ3) is 4.36. The zero-order chi connectivity index (χ0) is 14.2. The Morgan fingerprint density at radius 2 is 2.00 bits per heavy atom. The molecule has 3 nitrogen and oxygen atoms in total. The molecule has 1 saturated heterocycles. The monoisotopic (exact) mass is 289 g/mol. The standard InChI is InChI=1S/C16H19NO2S/c1-2-3-4-5-13-10-18-16(19-11-13)14-6-8-15(9-7-14)17-12-20/h2,6-9,13,16H,1,3-5,10-11H2/t13-,16-. The molecule has 0 aromatic heterocycles. The molecule has 1 fully saturated rings. The molecule has 106 valence electrons. The van der Waals surface area contributed by atoms with Crippen LogP contribution in [0.1, 0.15) is 31.1 Å². The minimum atomic E-state index is -0.267. The summed E-state index contributed by atoms with van der Waals surface area (Å²) in [5, 5.41) is 2.35.